The van der Waals surface area contributed by atoms with Gasteiger partial charge in [-0.05, 0) is 24.3 Å². The Morgan fingerprint density at radius 2 is 1.84 bits per heavy atom. The lowest BCUT2D eigenvalue weighted by Gasteiger charge is -2.22. The van der Waals surface area contributed by atoms with Gasteiger partial charge in [0, 0.05) is 30.9 Å². The lowest BCUT2D eigenvalue weighted by Crippen LogP contribution is -2.31. The van der Waals surface area contributed by atoms with Crippen LogP contribution >= 0.6 is 25.8 Å². The van der Waals surface area contributed by atoms with Crippen molar-refractivity contribution in [2.24, 2.45) is 5.92 Å². The van der Waals surface area contributed by atoms with Crippen molar-refractivity contribution >= 4 is 66.1 Å². The van der Waals surface area contributed by atoms with Crippen LogP contribution in [0.4, 0.5) is 5.95 Å². The summed E-state index contributed by atoms with van der Waals surface area (Å²) in [5.41, 5.74) is 5.14. The lowest BCUT2D eigenvalue weighted by atomic mass is 10.0. The van der Waals surface area contributed by atoms with Crippen molar-refractivity contribution in [1.82, 2.24) is 33.5 Å². The number of aromatic amines is 1. The zero-order chi connectivity index (χ0) is 32.1. The van der Waals surface area contributed by atoms with Gasteiger partial charge >= 0.3 is 19.2 Å². The third-order valence-electron chi connectivity index (χ3n) is 7.09. The fourth-order valence-electron chi connectivity index (χ4n) is 5.15. The molecule has 4 aromatic rings. The van der Waals surface area contributed by atoms with Gasteiger partial charge in [-0.3, -0.25) is 32.6 Å². The molecule has 3 unspecified atom stereocenters. The van der Waals surface area contributed by atoms with E-state index in [1.54, 1.807) is 6.07 Å². The van der Waals surface area contributed by atoms with Gasteiger partial charge < -0.3 is 34.0 Å². The Labute approximate surface area is 262 Å². The van der Waals surface area contributed by atoms with Gasteiger partial charge in [-0.1, -0.05) is 12.2 Å². The SMILES string of the molecule is Nc1nc2c(ncn2[C@@H]2O[C@H](COP(O)(O)=S)CC2COP(=O)(S)OCC2CC(=O)[C@H](n3ccc4nccn4c3=O)O2)c(=O)[nH]1. The largest absolute Gasteiger partial charge is 0.386 e. The van der Waals surface area contributed by atoms with Gasteiger partial charge in [0.05, 0.1) is 38.4 Å². The molecule has 2 fully saturated rings. The Bertz CT molecular complexity index is 1980. The van der Waals surface area contributed by atoms with Gasteiger partial charge in [0.2, 0.25) is 5.95 Å². The summed E-state index contributed by atoms with van der Waals surface area (Å²) in [5, 5.41) is 0. The minimum atomic E-state index is -4.04. The van der Waals surface area contributed by atoms with E-state index in [1.807, 2.05) is 0 Å². The van der Waals surface area contributed by atoms with E-state index in [0.717, 1.165) is 4.57 Å². The van der Waals surface area contributed by atoms with Crippen LogP contribution in [-0.2, 0) is 44.2 Å². The summed E-state index contributed by atoms with van der Waals surface area (Å²) >= 11 is 8.57. The zero-order valence-corrected chi connectivity index (χ0v) is 26.4. The van der Waals surface area contributed by atoms with Crippen molar-refractivity contribution in [2.75, 3.05) is 25.6 Å². The molecule has 0 bridgehead atoms. The monoisotopic (exact) mass is 704 g/mol. The number of fused-ring (bicyclic) bond motifs is 2. The number of carbonyl (C=O) groups excluding carboxylic acids is 1. The van der Waals surface area contributed by atoms with Crippen molar-refractivity contribution in [2.45, 2.75) is 37.5 Å². The summed E-state index contributed by atoms with van der Waals surface area (Å²) in [6, 6.07) is 1.56. The Balaban J connectivity index is 1.12. The average molecular weight is 705 g/mol. The van der Waals surface area contributed by atoms with Gasteiger partial charge in [-0.2, -0.15) is 4.98 Å². The smallest absolute Gasteiger partial charge is 0.369 e. The van der Waals surface area contributed by atoms with E-state index in [0.29, 0.717) is 5.65 Å². The second-order valence-corrected chi connectivity index (χ2v) is 15.8. The summed E-state index contributed by atoms with van der Waals surface area (Å²) in [7, 11) is 0. The molecule has 0 spiro atoms. The van der Waals surface area contributed by atoms with E-state index in [4.69, 9.17) is 28.8 Å². The van der Waals surface area contributed by atoms with E-state index in [-0.39, 0.29) is 55.6 Å². The maximum atomic E-state index is 13.1. The van der Waals surface area contributed by atoms with Crippen LogP contribution in [0.15, 0.2) is 40.6 Å². The number of nitrogens with zero attached hydrogens (tertiary/aromatic N) is 6. The maximum Gasteiger partial charge on any atom is 0.386 e. The van der Waals surface area contributed by atoms with Crippen LogP contribution in [-0.4, -0.2) is 81.1 Å². The Morgan fingerprint density at radius 3 is 2.62 bits per heavy atom. The van der Waals surface area contributed by atoms with Crippen LogP contribution in [0.1, 0.15) is 25.3 Å². The Hall–Kier alpha value is -2.81. The third kappa shape index (κ3) is 6.98. The van der Waals surface area contributed by atoms with Crippen LogP contribution in [0, 0.1) is 5.92 Å². The molecule has 0 aliphatic carbocycles. The highest BCUT2D eigenvalue weighted by molar-refractivity contribution is 8.44. The van der Waals surface area contributed by atoms with Gasteiger partial charge in [-0.15, -0.1) is 0 Å². The minimum Gasteiger partial charge on any atom is -0.369 e. The number of imidazole rings is 2. The summed E-state index contributed by atoms with van der Waals surface area (Å²) in [4.78, 5) is 71.3. The number of ether oxygens (including phenoxy) is 2. The number of hydrogen-bond acceptors (Lipinski definition) is 14. The molecule has 2 aliphatic heterocycles. The molecule has 23 heteroatoms. The van der Waals surface area contributed by atoms with E-state index < -0.39 is 55.3 Å². The topological polar surface area (TPSA) is 250 Å². The standard InChI is InChI=1S/C22H26N8O11P2S2/c23-21-26-17-16(18(32)27-21)25-10-30(17)19-11(5-12(40-19)8-37-42(34,35)44)7-38-43(36,45)39-9-13-6-14(31)20(41-13)29-3-1-15-24-2-4-28(15)22(29)33/h1-4,10-13,19-20H,5-9H2,(H,36,45)(H2,34,35,44)(H3,23,26,27,32)/t11?,12-,13?,19+,20+,43?/m0/s1. The molecule has 0 amide bonds. The summed E-state index contributed by atoms with van der Waals surface area (Å²) < 4.78 is 44.7. The number of thiol groups is 1. The quantitative estimate of drug-likeness (QED) is 0.104. The second-order valence-electron chi connectivity index (χ2n) is 10.2. The molecule has 0 radical (unpaired) electrons. The fourth-order valence-corrected chi connectivity index (χ4v) is 6.90. The summed E-state index contributed by atoms with van der Waals surface area (Å²) in [6.07, 6.45) is 2.06. The number of aromatic nitrogens is 7. The molecule has 45 heavy (non-hydrogen) atoms. The number of rotatable bonds is 11. The molecule has 242 valence electrons. The Kier molecular flexibility index (Phi) is 8.87. The number of carbonyl (C=O) groups is 1. The first kappa shape index (κ1) is 32.1. The predicted octanol–water partition coefficient (Wildman–Crippen LogP) is 0.268. The number of H-pyrrole nitrogens is 1. The van der Waals surface area contributed by atoms with E-state index in [1.165, 1.54) is 33.9 Å². The van der Waals surface area contributed by atoms with Crippen LogP contribution in [0.2, 0.25) is 0 Å². The fraction of sp³-hybridized carbons (Fsp3) is 0.455. The molecule has 0 aromatic carbocycles. The molecule has 6 atom stereocenters. The number of Topliss-reactive ketones (excluding diaryl/α,β-unsaturated/α-hetero) is 1. The van der Waals surface area contributed by atoms with Crippen LogP contribution < -0.4 is 17.0 Å². The van der Waals surface area contributed by atoms with Crippen molar-refractivity contribution in [1.29, 1.82) is 0 Å². The highest BCUT2D eigenvalue weighted by Gasteiger charge is 2.41. The molecular formula is C22H26N8O11P2S2. The molecule has 2 aliphatic rings. The molecule has 6 rings (SSSR count). The van der Waals surface area contributed by atoms with Crippen molar-refractivity contribution in [3.05, 3.63) is 51.8 Å². The first-order valence-electron chi connectivity index (χ1n) is 13.2. The Morgan fingerprint density at radius 1 is 1.09 bits per heavy atom. The van der Waals surface area contributed by atoms with E-state index in [9.17, 15) is 28.7 Å². The third-order valence-corrected chi connectivity index (χ3v) is 9.53. The normalized spacial score (nSPS) is 25.4. The molecule has 2 saturated heterocycles. The predicted molar refractivity (Wildman–Crippen MR) is 161 cm³/mol. The molecule has 0 saturated carbocycles. The molecular weight excluding hydrogens is 678 g/mol. The summed E-state index contributed by atoms with van der Waals surface area (Å²) in [5.74, 6) is -1.12. The molecule has 4 aromatic heterocycles. The minimum absolute atomic E-state index is 0.00629. The first-order valence-corrected chi connectivity index (χ1v) is 18.5. The zero-order valence-electron chi connectivity index (χ0n) is 22.9. The van der Waals surface area contributed by atoms with Gasteiger partial charge in [0.25, 0.3) is 5.56 Å². The van der Waals surface area contributed by atoms with Crippen molar-refractivity contribution in [3.8, 4) is 0 Å². The maximum absolute atomic E-state index is 13.1. The van der Waals surface area contributed by atoms with Crippen LogP contribution in [0.3, 0.4) is 0 Å². The number of ketones is 1. The van der Waals surface area contributed by atoms with Crippen molar-refractivity contribution < 1.29 is 42.2 Å². The molecule has 19 nitrogen and oxygen atoms in total. The first-order chi connectivity index (χ1) is 21.3. The number of anilines is 1. The average Bonchev–Trinajstić information content (AvgIpc) is 3.75. The number of hydrogen-bond donors (Lipinski definition) is 5. The van der Waals surface area contributed by atoms with Gasteiger partial charge in [0.1, 0.15) is 11.9 Å². The summed E-state index contributed by atoms with van der Waals surface area (Å²) in [6.45, 7) is -8.88. The number of nitrogen functional groups attached to an aromatic ring is 1. The van der Waals surface area contributed by atoms with Gasteiger partial charge in [-0.25, -0.2) is 19.3 Å². The second kappa shape index (κ2) is 12.4. The lowest BCUT2D eigenvalue weighted by molar-refractivity contribution is -0.127. The van der Waals surface area contributed by atoms with Gasteiger partial charge in [0.15, 0.2) is 23.2 Å². The van der Waals surface area contributed by atoms with Crippen LogP contribution in [0.25, 0.3) is 16.8 Å². The van der Waals surface area contributed by atoms with E-state index in [2.05, 4.69) is 44.0 Å². The number of nitrogens with one attached hydrogen (secondary N) is 1. The van der Waals surface area contributed by atoms with Crippen molar-refractivity contribution in [3.63, 3.8) is 0 Å². The highest BCUT2D eigenvalue weighted by atomic mass is 32.7. The highest BCUT2D eigenvalue weighted by Crippen LogP contribution is 2.54. The number of nitrogens with two attached hydrogens (primary N) is 1. The molecule has 5 N–H and O–H groups in total. The van der Waals surface area contributed by atoms with Crippen LogP contribution in [0.5, 0.6) is 0 Å². The molecule has 6 heterocycles. The van der Waals surface area contributed by atoms with E-state index >= 15 is 0 Å².